The van der Waals surface area contributed by atoms with Gasteiger partial charge in [-0.3, -0.25) is 4.79 Å². The Bertz CT molecular complexity index is 878. The summed E-state index contributed by atoms with van der Waals surface area (Å²) < 4.78 is 0. The number of rotatable bonds is 3. The molecule has 0 aliphatic carbocycles. The minimum atomic E-state index is 0.113. The lowest BCUT2D eigenvalue weighted by Crippen LogP contribution is -2.41. The van der Waals surface area contributed by atoms with Crippen molar-refractivity contribution in [2.45, 2.75) is 18.9 Å². The Morgan fingerprint density at radius 2 is 2.12 bits per heavy atom. The van der Waals surface area contributed by atoms with Crippen LogP contribution in [0.2, 0.25) is 0 Å². The molecule has 24 heavy (non-hydrogen) atoms. The molecule has 1 amide bonds. The van der Waals surface area contributed by atoms with E-state index in [9.17, 15) is 4.79 Å². The third-order valence-corrected chi connectivity index (χ3v) is 5.07. The second-order valence-electron chi connectivity index (χ2n) is 6.07. The fraction of sp³-hybridized carbons (Fsp3) is 0.278. The number of benzene rings is 1. The second-order valence-corrected chi connectivity index (χ2v) is 6.85. The molecular weight excluding hydrogens is 320 g/mol. The molecule has 122 valence electrons. The van der Waals surface area contributed by atoms with E-state index in [1.807, 2.05) is 48.1 Å². The van der Waals surface area contributed by atoms with Crippen molar-refractivity contribution in [2.75, 3.05) is 18.9 Å². The molecule has 5 nitrogen and oxygen atoms in total. The summed E-state index contributed by atoms with van der Waals surface area (Å²) >= 11 is 1.63. The molecule has 4 rings (SSSR count). The number of amides is 1. The van der Waals surface area contributed by atoms with E-state index in [-0.39, 0.29) is 11.9 Å². The number of nitrogens with zero attached hydrogens (tertiary/aromatic N) is 3. The van der Waals surface area contributed by atoms with E-state index in [1.165, 1.54) is 0 Å². The van der Waals surface area contributed by atoms with E-state index in [0.29, 0.717) is 6.42 Å². The number of piperidine rings is 1. The average molecular weight is 338 g/mol. The van der Waals surface area contributed by atoms with Crippen molar-refractivity contribution in [1.29, 1.82) is 0 Å². The summed E-state index contributed by atoms with van der Waals surface area (Å²) in [6.45, 7) is 0.775. The van der Waals surface area contributed by atoms with Crippen LogP contribution in [0.5, 0.6) is 0 Å². The van der Waals surface area contributed by atoms with Crippen molar-refractivity contribution in [2.24, 2.45) is 0 Å². The average Bonchev–Trinajstić information content (AvgIpc) is 3.13. The minimum absolute atomic E-state index is 0.113. The molecule has 1 aliphatic heterocycles. The number of hydrogen-bond donors (Lipinski definition) is 1. The number of carbonyl (C=O) groups excluding carboxylic acids is 1. The summed E-state index contributed by atoms with van der Waals surface area (Å²) in [6.07, 6.45) is 1.43. The molecule has 1 N–H and O–H groups in total. The Kier molecular flexibility index (Phi) is 3.90. The highest BCUT2D eigenvalue weighted by molar-refractivity contribution is 7.08. The maximum absolute atomic E-state index is 12.0. The summed E-state index contributed by atoms with van der Waals surface area (Å²) in [5.74, 6) is 1.70. The Balaban J connectivity index is 1.72. The predicted octanol–water partition coefficient (Wildman–Crippen LogP) is 3.39. The minimum Gasteiger partial charge on any atom is -0.366 e. The van der Waals surface area contributed by atoms with Gasteiger partial charge in [0.2, 0.25) is 5.91 Å². The van der Waals surface area contributed by atoms with Gasteiger partial charge in [-0.15, -0.1) is 0 Å². The number of hydrogen-bond acceptors (Lipinski definition) is 5. The van der Waals surface area contributed by atoms with Gasteiger partial charge in [-0.2, -0.15) is 11.3 Å². The van der Waals surface area contributed by atoms with Crippen LogP contribution >= 0.6 is 11.3 Å². The van der Waals surface area contributed by atoms with Gasteiger partial charge >= 0.3 is 0 Å². The van der Waals surface area contributed by atoms with Crippen molar-refractivity contribution in [3.8, 4) is 11.4 Å². The van der Waals surface area contributed by atoms with E-state index >= 15 is 0 Å². The topological polar surface area (TPSA) is 58.1 Å². The van der Waals surface area contributed by atoms with Crippen LogP contribution in [0.3, 0.4) is 0 Å². The number of carbonyl (C=O) groups is 1. The maximum Gasteiger partial charge on any atom is 0.224 e. The van der Waals surface area contributed by atoms with E-state index in [2.05, 4.69) is 10.3 Å². The van der Waals surface area contributed by atoms with E-state index < -0.39 is 0 Å². The normalized spacial score (nSPS) is 18.1. The van der Waals surface area contributed by atoms with Crippen molar-refractivity contribution < 1.29 is 4.79 Å². The first-order chi connectivity index (χ1) is 11.7. The van der Waals surface area contributed by atoms with Crippen LogP contribution in [-0.2, 0) is 4.79 Å². The van der Waals surface area contributed by atoms with Gasteiger partial charge < -0.3 is 10.2 Å². The zero-order valence-electron chi connectivity index (χ0n) is 13.4. The van der Waals surface area contributed by atoms with E-state index in [4.69, 9.17) is 4.98 Å². The van der Waals surface area contributed by atoms with Crippen LogP contribution in [-0.4, -0.2) is 40.4 Å². The van der Waals surface area contributed by atoms with Gasteiger partial charge in [0.05, 0.1) is 5.52 Å². The molecule has 1 unspecified atom stereocenters. The summed E-state index contributed by atoms with van der Waals surface area (Å²) in [5, 5.41) is 8.54. The summed E-state index contributed by atoms with van der Waals surface area (Å²) in [7, 11) is 1.85. The number of fused-ring (bicyclic) bond motifs is 1. The quantitative estimate of drug-likeness (QED) is 0.795. The summed E-state index contributed by atoms with van der Waals surface area (Å²) in [4.78, 5) is 23.2. The molecule has 1 atom stereocenters. The molecule has 0 saturated carbocycles. The molecule has 3 aromatic rings. The predicted molar refractivity (Wildman–Crippen MR) is 97.1 cm³/mol. The van der Waals surface area contributed by atoms with Crippen LogP contribution in [0.15, 0.2) is 41.1 Å². The molecule has 3 heterocycles. The van der Waals surface area contributed by atoms with E-state index in [1.54, 1.807) is 16.2 Å². The molecule has 1 aromatic carbocycles. The van der Waals surface area contributed by atoms with Crippen molar-refractivity contribution >= 4 is 34.0 Å². The Morgan fingerprint density at radius 1 is 1.25 bits per heavy atom. The van der Waals surface area contributed by atoms with Crippen LogP contribution in [0.1, 0.15) is 12.8 Å². The van der Waals surface area contributed by atoms with Gasteiger partial charge in [-0.25, -0.2) is 9.97 Å². The molecule has 0 bridgehead atoms. The zero-order valence-corrected chi connectivity index (χ0v) is 14.2. The molecule has 6 heteroatoms. The third kappa shape index (κ3) is 2.85. The first kappa shape index (κ1) is 15.1. The van der Waals surface area contributed by atoms with E-state index in [0.717, 1.165) is 41.1 Å². The third-order valence-electron chi connectivity index (χ3n) is 4.38. The Labute approximate surface area is 144 Å². The number of thiophene rings is 1. The van der Waals surface area contributed by atoms with Crippen molar-refractivity contribution in [3.05, 3.63) is 41.1 Å². The Morgan fingerprint density at radius 3 is 2.92 bits per heavy atom. The van der Waals surface area contributed by atoms with Gasteiger partial charge in [0, 0.05) is 42.4 Å². The standard InChI is InChI=1S/C18H18N4OS/c1-22-8-6-13(10-16(22)23)19-18-14-4-2-3-5-15(14)20-17(21-18)12-7-9-24-11-12/h2-5,7,9,11,13H,6,8,10H2,1H3,(H,19,20,21). The van der Waals surface area contributed by atoms with Gasteiger partial charge in [0.1, 0.15) is 5.82 Å². The lowest BCUT2D eigenvalue weighted by molar-refractivity contribution is -0.132. The number of para-hydroxylation sites is 1. The lowest BCUT2D eigenvalue weighted by atomic mass is 10.0. The number of nitrogens with one attached hydrogen (secondary N) is 1. The van der Waals surface area contributed by atoms with Gasteiger partial charge in [-0.1, -0.05) is 12.1 Å². The highest BCUT2D eigenvalue weighted by atomic mass is 32.1. The largest absolute Gasteiger partial charge is 0.366 e. The fourth-order valence-electron chi connectivity index (χ4n) is 2.97. The van der Waals surface area contributed by atoms with Gasteiger partial charge in [0.15, 0.2) is 5.82 Å². The number of anilines is 1. The van der Waals surface area contributed by atoms with Crippen molar-refractivity contribution in [1.82, 2.24) is 14.9 Å². The SMILES string of the molecule is CN1CCC(Nc2nc(-c3ccsc3)nc3ccccc23)CC1=O. The van der Waals surface area contributed by atoms with Crippen LogP contribution in [0.4, 0.5) is 5.82 Å². The zero-order chi connectivity index (χ0) is 16.5. The number of likely N-dealkylation sites (tertiary alicyclic amines) is 1. The molecule has 1 fully saturated rings. The molecule has 1 aliphatic rings. The Hall–Kier alpha value is -2.47. The first-order valence-corrected chi connectivity index (χ1v) is 8.95. The first-order valence-electron chi connectivity index (χ1n) is 8.00. The molecule has 0 spiro atoms. The molecule has 0 radical (unpaired) electrons. The van der Waals surface area contributed by atoms with Crippen LogP contribution < -0.4 is 5.32 Å². The van der Waals surface area contributed by atoms with Gasteiger partial charge in [0.25, 0.3) is 0 Å². The monoisotopic (exact) mass is 338 g/mol. The molecular formula is C18H18N4OS. The summed E-state index contributed by atoms with van der Waals surface area (Å²) in [5.41, 5.74) is 1.93. The second kappa shape index (κ2) is 6.20. The highest BCUT2D eigenvalue weighted by Crippen LogP contribution is 2.27. The van der Waals surface area contributed by atoms with Crippen LogP contribution in [0.25, 0.3) is 22.3 Å². The van der Waals surface area contributed by atoms with Crippen LogP contribution in [0, 0.1) is 0 Å². The summed E-state index contributed by atoms with van der Waals surface area (Å²) in [6, 6.07) is 10.1. The smallest absolute Gasteiger partial charge is 0.224 e. The fourth-order valence-corrected chi connectivity index (χ4v) is 3.60. The lowest BCUT2D eigenvalue weighted by Gasteiger charge is -2.29. The highest BCUT2D eigenvalue weighted by Gasteiger charge is 2.24. The van der Waals surface area contributed by atoms with Gasteiger partial charge in [-0.05, 0) is 30.0 Å². The number of aromatic nitrogens is 2. The maximum atomic E-state index is 12.0. The molecule has 1 saturated heterocycles. The molecule has 2 aromatic heterocycles. The van der Waals surface area contributed by atoms with Crippen molar-refractivity contribution in [3.63, 3.8) is 0 Å².